The molecule has 0 aliphatic heterocycles. The summed E-state index contributed by atoms with van der Waals surface area (Å²) in [5.41, 5.74) is 0. The average Bonchev–Trinajstić information content (AvgIpc) is 3.34. The van der Waals surface area contributed by atoms with Gasteiger partial charge in [-0.2, -0.15) is 0 Å². The van der Waals surface area contributed by atoms with Crippen LogP contribution in [0.3, 0.4) is 0 Å². The third kappa shape index (κ3) is 59.2. The van der Waals surface area contributed by atoms with Gasteiger partial charge >= 0.3 is 0 Å². The van der Waals surface area contributed by atoms with Crippen LogP contribution in [0.4, 0.5) is 0 Å². The van der Waals surface area contributed by atoms with Gasteiger partial charge in [0, 0.05) is 19.8 Å². The van der Waals surface area contributed by atoms with Crippen molar-refractivity contribution in [1.82, 2.24) is 4.90 Å². The highest BCUT2D eigenvalue weighted by atomic mass is 16.6. The van der Waals surface area contributed by atoms with E-state index in [-0.39, 0.29) is 12.2 Å². The van der Waals surface area contributed by atoms with E-state index in [2.05, 4.69) is 88.4 Å². The molecule has 0 aromatic rings. The molecule has 0 heterocycles. The predicted octanol–water partition coefficient (Wildman–Crippen LogP) is 20.0. The van der Waals surface area contributed by atoms with Gasteiger partial charge in [0.25, 0.3) is 0 Å². The Kier molecular flexibility index (Phi) is 60.0. The van der Waals surface area contributed by atoms with Crippen LogP contribution in [-0.2, 0) is 18.9 Å². The van der Waals surface area contributed by atoms with Crippen LogP contribution < -0.4 is 0 Å². The summed E-state index contributed by atoms with van der Waals surface area (Å²) in [6.45, 7) is 12.2. The van der Waals surface area contributed by atoms with Crippen molar-refractivity contribution in [3.63, 3.8) is 0 Å². The minimum atomic E-state index is -0.0147. The quantitative estimate of drug-likeness (QED) is 0.0449. The lowest BCUT2D eigenvalue weighted by Crippen LogP contribution is -2.30. The molecule has 0 saturated carbocycles. The molecule has 0 fully saturated rings. The molecule has 2 unspecified atom stereocenters. The van der Waals surface area contributed by atoms with Crippen molar-refractivity contribution in [2.75, 3.05) is 60.3 Å². The van der Waals surface area contributed by atoms with Gasteiger partial charge in [-0.3, -0.25) is 0 Å². The summed E-state index contributed by atoms with van der Waals surface area (Å²) in [4.78, 5) is 2.27. The monoisotopic (exact) mass is 970 g/mol. The molecule has 0 saturated heterocycles. The minimum Gasteiger partial charge on any atom is -0.379 e. The average molecular weight is 971 g/mol. The second-order valence-corrected chi connectivity index (χ2v) is 21.0. The van der Waals surface area contributed by atoms with Crippen LogP contribution >= 0.6 is 0 Å². The fourth-order valence-corrected chi connectivity index (χ4v) is 8.97. The van der Waals surface area contributed by atoms with Gasteiger partial charge in [-0.15, -0.1) is 0 Å². The van der Waals surface area contributed by atoms with E-state index in [1.54, 1.807) is 0 Å². The number of rotatable bonds is 59. The van der Waals surface area contributed by atoms with Gasteiger partial charge in [0.15, 0.2) is 0 Å². The molecule has 5 nitrogen and oxygen atoms in total. The van der Waals surface area contributed by atoms with Crippen molar-refractivity contribution in [2.24, 2.45) is 0 Å². The molecule has 0 aliphatic carbocycles. The van der Waals surface area contributed by atoms with Gasteiger partial charge in [-0.05, 0) is 117 Å². The minimum absolute atomic E-state index is 0.0147. The van der Waals surface area contributed by atoms with Crippen LogP contribution in [0, 0.1) is 0 Å². The summed E-state index contributed by atoms with van der Waals surface area (Å²) in [6.07, 6.45) is 73.7. The smallest absolute Gasteiger partial charge is 0.104 e. The lowest BCUT2D eigenvalue weighted by atomic mass is 10.0. The first kappa shape index (κ1) is 67.8. The van der Waals surface area contributed by atoms with E-state index < -0.39 is 0 Å². The van der Waals surface area contributed by atoms with E-state index in [1.165, 1.54) is 225 Å². The summed E-state index contributed by atoms with van der Waals surface area (Å²) in [5, 5.41) is 0. The fraction of sp³-hybridized carbons (Fsp3) is 0.875. The molecule has 0 radical (unpaired) electrons. The second kappa shape index (κ2) is 61.1. The van der Waals surface area contributed by atoms with E-state index in [4.69, 9.17) is 18.9 Å². The molecule has 0 N–H and O–H groups in total. The normalized spacial score (nSPS) is 13.2. The fourth-order valence-electron chi connectivity index (χ4n) is 8.97. The van der Waals surface area contributed by atoms with Crippen LogP contribution in [0.15, 0.2) is 48.6 Å². The Morgan fingerprint density at radius 2 is 0.609 bits per heavy atom. The molecule has 0 aromatic carbocycles. The molecule has 2 atom stereocenters. The Hall–Kier alpha value is -1.24. The standard InChI is InChI=1S/C64H123NO4/c1-6-9-12-15-18-21-24-27-30-33-36-39-42-45-48-51-57-66-61-64(69-59-53-50-47-44-41-38-35-32-29-26-23-20-17-14-11-8-3)62-67-60-63(55-54-56-65(4)5)68-58-52-49-46-43-40-37-34-31-28-25-22-19-16-13-10-7-2/h19-20,22-23,28-29,31-32,63-64H,6-18,21,24-27,30,33-62H2,1-5H3. The molecule has 5 heteroatoms. The Bertz CT molecular complexity index is 1050. The van der Waals surface area contributed by atoms with E-state index in [1.807, 2.05) is 0 Å². The Morgan fingerprint density at radius 1 is 0.304 bits per heavy atom. The third-order valence-corrected chi connectivity index (χ3v) is 13.6. The molecule has 0 aromatic heterocycles. The second-order valence-electron chi connectivity index (χ2n) is 21.0. The van der Waals surface area contributed by atoms with Gasteiger partial charge < -0.3 is 23.8 Å². The Morgan fingerprint density at radius 3 is 1.01 bits per heavy atom. The van der Waals surface area contributed by atoms with Gasteiger partial charge in [-0.1, -0.05) is 243 Å². The van der Waals surface area contributed by atoms with Crippen molar-refractivity contribution in [3.05, 3.63) is 48.6 Å². The Labute approximate surface area is 433 Å². The maximum Gasteiger partial charge on any atom is 0.104 e. The van der Waals surface area contributed by atoms with Crippen molar-refractivity contribution in [2.45, 2.75) is 303 Å². The largest absolute Gasteiger partial charge is 0.379 e. The van der Waals surface area contributed by atoms with Crippen LogP contribution in [0.1, 0.15) is 290 Å². The summed E-state index contributed by atoms with van der Waals surface area (Å²) in [5.74, 6) is 0. The third-order valence-electron chi connectivity index (χ3n) is 13.6. The zero-order chi connectivity index (χ0) is 49.9. The number of allylic oxidation sites excluding steroid dienone is 8. The Balaban J connectivity index is 4.54. The van der Waals surface area contributed by atoms with Gasteiger partial charge in [-0.25, -0.2) is 0 Å². The van der Waals surface area contributed by atoms with E-state index in [9.17, 15) is 0 Å². The molecule has 0 spiro atoms. The topological polar surface area (TPSA) is 40.2 Å². The van der Waals surface area contributed by atoms with Crippen molar-refractivity contribution in [1.29, 1.82) is 0 Å². The summed E-state index contributed by atoms with van der Waals surface area (Å²) in [6, 6.07) is 0. The lowest BCUT2D eigenvalue weighted by Gasteiger charge is -2.22. The number of nitrogens with zero attached hydrogens (tertiary/aromatic N) is 1. The summed E-state index contributed by atoms with van der Waals surface area (Å²) in [7, 11) is 4.32. The number of hydrogen-bond donors (Lipinski definition) is 0. The van der Waals surface area contributed by atoms with Crippen LogP contribution in [0.25, 0.3) is 0 Å². The molecular weight excluding hydrogens is 847 g/mol. The first-order valence-corrected chi connectivity index (χ1v) is 30.8. The van der Waals surface area contributed by atoms with Crippen molar-refractivity contribution in [3.8, 4) is 0 Å². The highest BCUT2D eigenvalue weighted by Gasteiger charge is 2.15. The summed E-state index contributed by atoms with van der Waals surface area (Å²) < 4.78 is 25.6. The maximum atomic E-state index is 6.49. The number of unbranched alkanes of at least 4 members (excludes halogenated alkanes) is 33. The van der Waals surface area contributed by atoms with Crippen LogP contribution in [0.5, 0.6) is 0 Å². The first-order valence-electron chi connectivity index (χ1n) is 30.8. The highest BCUT2D eigenvalue weighted by molar-refractivity contribution is 4.93. The number of ether oxygens (including phenoxy) is 4. The number of hydrogen-bond acceptors (Lipinski definition) is 5. The van der Waals surface area contributed by atoms with Gasteiger partial charge in [0.2, 0.25) is 0 Å². The SMILES string of the molecule is CCCCCC=CCC=CCCCCCCCCOC(CCCN(C)C)COCC(COCCCCCCCCCCCCCCCCCC)OCCCCCCCCC=CCC=CCCCCC. The molecule has 0 bridgehead atoms. The molecule has 69 heavy (non-hydrogen) atoms. The van der Waals surface area contributed by atoms with Crippen molar-refractivity contribution >= 4 is 0 Å². The molecule has 408 valence electrons. The lowest BCUT2D eigenvalue weighted by molar-refractivity contribution is -0.0834. The highest BCUT2D eigenvalue weighted by Crippen LogP contribution is 2.16. The van der Waals surface area contributed by atoms with E-state index in [0.717, 1.165) is 71.3 Å². The maximum absolute atomic E-state index is 6.49. The van der Waals surface area contributed by atoms with Gasteiger partial charge in [0.1, 0.15) is 6.10 Å². The van der Waals surface area contributed by atoms with Gasteiger partial charge in [0.05, 0.1) is 25.9 Å². The summed E-state index contributed by atoms with van der Waals surface area (Å²) >= 11 is 0. The van der Waals surface area contributed by atoms with E-state index in [0.29, 0.717) is 19.8 Å². The van der Waals surface area contributed by atoms with E-state index >= 15 is 0 Å². The van der Waals surface area contributed by atoms with Crippen molar-refractivity contribution < 1.29 is 18.9 Å². The molecule has 0 aliphatic rings. The zero-order valence-corrected chi connectivity index (χ0v) is 47.5. The van der Waals surface area contributed by atoms with Crippen LogP contribution in [0.2, 0.25) is 0 Å². The van der Waals surface area contributed by atoms with Crippen LogP contribution in [-0.4, -0.2) is 77.4 Å². The molecule has 0 amide bonds. The predicted molar refractivity (Wildman–Crippen MR) is 307 cm³/mol. The molecular formula is C64H123NO4. The zero-order valence-electron chi connectivity index (χ0n) is 47.5. The molecule has 0 rings (SSSR count). The first-order chi connectivity index (χ1) is 34.1.